The normalized spacial score (nSPS) is 12.4. The van der Waals surface area contributed by atoms with Crippen molar-refractivity contribution in [3.05, 3.63) is 35.9 Å². The maximum Gasteiger partial charge on any atom is 0.137 e. The molecule has 1 unspecified atom stereocenters. The summed E-state index contributed by atoms with van der Waals surface area (Å²) in [7, 11) is 0. The van der Waals surface area contributed by atoms with Crippen molar-refractivity contribution in [3.8, 4) is 0 Å². The molecule has 0 aliphatic carbocycles. The fraction of sp³-hybridized carbons (Fsp3) is 0.300. The number of carbonyl (C=O) groups excluding carboxylic acids is 1. The molecule has 2 heteroatoms. The van der Waals surface area contributed by atoms with Gasteiger partial charge in [-0.2, -0.15) is 0 Å². The zero-order valence-corrected chi connectivity index (χ0v) is 7.88. The molecule has 0 amide bonds. The van der Waals surface area contributed by atoms with Gasteiger partial charge in [0.2, 0.25) is 0 Å². The number of rotatable bonds is 4. The maximum atomic E-state index is 10.7. The minimum atomic E-state index is 0.0104. The Morgan fingerprint density at radius 1 is 1.42 bits per heavy atom. The summed E-state index contributed by atoms with van der Waals surface area (Å²) in [5.74, 6) is 0.971. The third kappa shape index (κ3) is 2.38. The van der Waals surface area contributed by atoms with Gasteiger partial charge in [-0.15, -0.1) is 11.8 Å². The molecule has 1 nitrogen and oxygen atoms in total. The molecule has 1 aromatic carbocycles. The molecule has 0 aromatic heterocycles. The minimum absolute atomic E-state index is 0.0104. The van der Waals surface area contributed by atoms with Crippen LogP contribution >= 0.6 is 11.8 Å². The molecule has 12 heavy (non-hydrogen) atoms. The maximum absolute atomic E-state index is 10.7. The van der Waals surface area contributed by atoms with Gasteiger partial charge in [0.25, 0.3) is 0 Å². The van der Waals surface area contributed by atoms with E-state index in [1.54, 1.807) is 11.8 Å². The summed E-state index contributed by atoms with van der Waals surface area (Å²) in [5, 5.41) is 0.0104. The lowest BCUT2D eigenvalue weighted by molar-refractivity contribution is -0.107. The van der Waals surface area contributed by atoms with E-state index in [1.807, 2.05) is 30.3 Å². The molecule has 0 saturated heterocycles. The summed E-state index contributed by atoms with van der Waals surface area (Å²) in [6, 6.07) is 9.86. The van der Waals surface area contributed by atoms with Crippen LogP contribution in [0.1, 0.15) is 17.7 Å². The highest BCUT2D eigenvalue weighted by atomic mass is 32.2. The molecule has 0 heterocycles. The Labute approximate surface area is 77.2 Å². The molecule has 0 aliphatic rings. The highest BCUT2D eigenvalue weighted by molar-refractivity contribution is 8.00. The van der Waals surface area contributed by atoms with Gasteiger partial charge in [0, 0.05) is 0 Å². The van der Waals surface area contributed by atoms with Gasteiger partial charge < -0.3 is 4.79 Å². The van der Waals surface area contributed by atoms with E-state index in [2.05, 4.69) is 6.92 Å². The topological polar surface area (TPSA) is 17.1 Å². The molecular formula is C10H12OS. The third-order valence-corrected chi connectivity index (χ3v) is 2.67. The van der Waals surface area contributed by atoms with Crippen molar-refractivity contribution in [3.63, 3.8) is 0 Å². The zero-order chi connectivity index (χ0) is 8.81. The van der Waals surface area contributed by atoms with Gasteiger partial charge in [-0.05, 0) is 11.3 Å². The number of carbonyl (C=O) groups is 1. The molecule has 0 fully saturated rings. The standard InChI is InChI=1S/C10H12OS/c1-2-12-10(8-11)9-6-4-3-5-7-9/h3-8,10H,2H2,1H3. The van der Waals surface area contributed by atoms with Crippen LogP contribution < -0.4 is 0 Å². The van der Waals surface area contributed by atoms with Gasteiger partial charge in [0.1, 0.15) is 6.29 Å². The second kappa shape index (κ2) is 4.99. The molecule has 0 bridgehead atoms. The predicted octanol–water partition coefficient (Wildman–Crippen LogP) is 2.68. The Balaban J connectivity index is 2.73. The highest BCUT2D eigenvalue weighted by Crippen LogP contribution is 2.25. The van der Waals surface area contributed by atoms with Crippen LogP contribution in [0.5, 0.6) is 0 Å². The van der Waals surface area contributed by atoms with E-state index in [0.29, 0.717) is 0 Å². The van der Waals surface area contributed by atoms with E-state index < -0.39 is 0 Å². The lowest BCUT2D eigenvalue weighted by atomic mass is 10.2. The van der Waals surface area contributed by atoms with Crippen LogP contribution in [0.15, 0.2) is 30.3 Å². The average Bonchev–Trinajstić information content (AvgIpc) is 2.15. The molecule has 0 saturated carbocycles. The molecule has 0 radical (unpaired) electrons. The Morgan fingerprint density at radius 2 is 2.08 bits per heavy atom. The van der Waals surface area contributed by atoms with Crippen LogP contribution in [0.3, 0.4) is 0 Å². The quantitative estimate of drug-likeness (QED) is 0.663. The van der Waals surface area contributed by atoms with Crippen LogP contribution in [0.25, 0.3) is 0 Å². The first-order chi connectivity index (χ1) is 5.88. The number of aldehydes is 1. The van der Waals surface area contributed by atoms with Crippen LogP contribution in [0.4, 0.5) is 0 Å². The van der Waals surface area contributed by atoms with E-state index in [-0.39, 0.29) is 5.25 Å². The largest absolute Gasteiger partial charge is 0.302 e. The minimum Gasteiger partial charge on any atom is -0.302 e. The first-order valence-electron chi connectivity index (χ1n) is 4.00. The molecule has 1 aromatic rings. The van der Waals surface area contributed by atoms with E-state index >= 15 is 0 Å². The molecule has 1 rings (SSSR count). The van der Waals surface area contributed by atoms with Crippen molar-refractivity contribution >= 4 is 18.0 Å². The Morgan fingerprint density at radius 3 is 2.58 bits per heavy atom. The van der Waals surface area contributed by atoms with Gasteiger partial charge in [-0.25, -0.2) is 0 Å². The van der Waals surface area contributed by atoms with Crippen LogP contribution in [0, 0.1) is 0 Å². The number of hydrogen-bond acceptors (Lipinski definition) is 2. The van der Waals surface area contributed by atoms with Gasteiger partial charge in [-0.3, -0.25) is 0 Å². The SMILES string of the molecule is CCSC(C=O)c1ccccc1. The van der Waals surface area contributed by atoms with E-state index in [1.165, 1.54) is 0 Å². The Bertz CT molecular complexity index is 233. The average molecular weight is 180 g/mol. The fourth-order valence-corrected chi connectivity index (χ4v) is 1.82. The van der Waals surface area contributed by atoms with Crippen molar-refractivity contribution in [2.45, 2.75) is 12.2 Å². The van der Waals surface area contributed by atoms with Gasteiger partial charge in [-0.1, -0.05) is 37.3 Å². The van der Waals surface area contributed by atoms with Crippen LogP contribution in [0.2, 0.25) is 0 Å². The number of thioether (sulfide) groups is 1. The smallest absolute Gasteiger partial charge is 0.137 e. The Kier molecular flexibility index (Phi) is 3.88. The fourth-order valence-electron chi connectivity index (χ4n) is 1.04. The molecule has 64 valence electrons. The van der Waals surface area contributed by atoms with E-state index in [9.17, 15) is 4.79 Å². The highest BCUT2D eigenvalue weighted by Gasteiger charge is 2.07. The first-order valence-corrected chi connectivity index (χ1v) is 5.05. The van der Waals surface area contributed by atoms with Crippen molar-refractivity contribution in [2.24, 2.45) is 0 Å². The molecule has 0 N–H and O–H groups in total. The zero-order valence-electron chi connectivity index (χ0n) is 7.07. The third-order valence-electron chi connectivity index (χ3n) is 1.60. The van der Waals surface area contributed by atoms with Crippen molar-refractivity contribution < 1.29 is 4.79 Å². The lowest BCUT2D eigenvalue weighted by Crippen LogP contribution is -1.94. The molecule has 0 aliphatic heterocycles. The lowest BCUT2D eigenvalue weighted by Gasteiger charge is -2.07. The first kappa shape index (κ1) is 9.33. The van der Waals surface area contributed by atoms with Crippen molar-refractivity contribution in [2.75, 3.05) is 5.75 Å². The van der Waals surface area contributed by atoms with Crippen LogP contribution in [-0.4, -0.2) is 12.0 Å². The molecule has 1 atom stereocenters. The van der Waals surface area contributed by atoms with Gasteiger partial charge in [0.05, 0.1) is 5.25 Å². The summed E-state index contributed by atoms with van der Waals surface area (Å²) < 4.78 is 0. The number of benzene rings is 1. The van der Waals surface area contributed by atoms with E-state index in [4.69, 9.17) is 0 Å². The summed E-state index contributed by atoms with van der Waals surface area (Å²) in [6.45, 7) is 2.06. The summed E-state index contributed by atoms with van der Waals surface area (Å²) in [6.07, 6.45) is 1.00. The number of hydrogen-bond donors (Lipinski definition) is 0. The van der Waals surface area contributed by atoms with Crippen LogP contribution in [-0.2, 0) is 4.79 Å². The van der Waals surface area contributed by atoms with Crippen molar-refractivity contribution in [1.82, 2.24) is 0 Å². The summed E-state index contributed by atoms with van der Waals surface area (Å²) in [4.78, 5) is 10.7. The molecular weight excluding hydrogens is 168 g/mol. The second-order valence-electron chi connectivity index (χ2n) is 2.42. The van der Waals surface area contributed by atoms with Gasteiger partial charge in [0.15, 0.2) is 0 Å². The second-order valence-corrected chi connectivity index (χ2v) is 3.84. The Hall–Kier alpha value is -0.760. The monoisotopic (exact) mass is 180 g/mol. The summed E-state index contributed by atoms with van der Waals surface area (Å²) >= 11 is 1.66. The predicted molar refractivity (Wildman–Crippen MR) is 53.4 cm³/mol. The molecule has 0 spiro atoms. The van der Waals surface area contributed by atoms with Gasteiger partial charge >= 0.3 is 0 Å². The van der Waals surface area contributed by atoms with Crippen molar-refractivity contribution in [1.29, 1.82) is 0 Å². The summed E-state index contributed by atoms with van der Waals surface area (Å²) in [5.41, 5.74) is 1.10. The van der Waals surface area contributed by atoms with E-state index in [0.717, 1.165) is 17.6 Å².